The lowest BCUT2D eigenvalue weighted by Crippen LogP contribution is -2.04. The zero-order valence-electron chi connectivity index (χ0n) is 11.4. The van der Waals surface area contributed by atoms with Gasteiger partial charge in [-0.3, -0.25) is 0 Å². The molecule has 0 amide bonds. The Morgan fingerprint density at radius 1 is 1.11 bits per heavy atom. The fourth-order valence-electron chi connectivity index (χ4n) is 2.06. The highest BCUT2D eigenvalue weighted by Gasteiger charge is 2.07. The van der Waals surface area contributed by atoms with Crippen LogP contribution in [0.4, 0.5) is 5.69 Å². The Morgan fingerprint density at radius 3 is 2.39 bits per heavy atom. The minimum atomic E-state index is 0.376. The molecule has 0 aliphatic carbocycles. The summed E-state index contributed by atoms with van der Waals surface area (Å²) in [6.07, 6.45) is 2.37. The molecule has 2 heteroatoms. The van der Waals surface area contributed by atoms with Gasteiger partial charge in [0.2, 0.25) is 0 Å². The van der Waals surface area contributed by atoms with Gasteiger partial charge in [0.05, 0.1) is 6.04 Å². The van der Waals surface area contributed by atoms with E-state index in [1.54, 1.807) is 0 Å². The van der Waals surface area contributed by atoms with E-state index < -0.39 is 0 Å². The molecule has 0 aliphatic heterocycles. The second-order valence-electron chi connectivity index (χ2n) is 4.76. The van der Waals surface area contributed by atoms with Gasteiger partial charge in [-0.05, 0) is 50.1 Å². The molecule has 0 fully saturated rings. The summed E-state index contributed by atoms with van der Waals surface area (Å²) >= 11 is 1.86. The quantitative estimate of drug-likeness (QED) is 0.780. The maximum Gasteiger partial charge on any atom is 0.0578 e. The minimum absolute atomic E-state index is 0.376. The molecule has 1 aromatic heterocycles. The van der Waals surface area contributed by atoms with Crippen LogP contribution in [0.3, 0.4) is 0 Å². The molecular formula is C16H21NS. The van der Waals surface area contributed by atoms with Crippen molar-refractivity contribution >= 4 is 17.0 Å². The van der Waals surface area contributed by atoms with E-state index in [-0.39, 0.29) is 0 Å². The third-order valence-electron chi connectivity index (χ3n) is 3.06. The molecule has 1 nitrogen and oxygen atoms in total. The van der Waals surface area contributed by atoms with E-state index in [0.29, 0.717) is 6.04 Å². The number of thiophene rings is 1. The Bertz CT molecular complexity index is 484. The van der Waals surface area contributed by atoms with Gasteiger partial charge in [0.15, 0.2) is 0 Å². The van der Waals surface area contributed by atoms with Crippen LogP contribution < -0.4 is 5.32 Å². The van der Waals surface area contributed by atoms with Crippen molar-refractivity contribution in [3.8, 4) is 0 Å². The average molecular weight is 259 g/mol. The topological polar surface area (TPSA) is 12.0 Å². The molecule has 96 valence electrons. The molecule has 0 saturated carbocycles. The Hall–Kier alpha value is -1.28. The number of aryl methyl sites for hydroxylation is 2. The molecule has 1 N–H and O–H groups in total. The zero-order chi connectivity index (χ0) is 13.0. The van der Waals surface area contributed by atoms with Gasteiger partial charge >= 0.3 is 0 Å². The predicted octanol–water partition coefficient (Wildman–Crippen LogP) is 5.18. The number of anilines is 1. The predicted molar refractivity (Wildman–Crippen MR) is 81.5 cm³/mol. The third-order valence-corrected chi connectivity index (χ3v) is 4.25. The van der Waals surface area contributed by atoms with Crippen LogP contribution in [0.25, 0.3) is 0 Å². The van der Waals surface area contributed by atoms with Gasteiger partial charge in [0, 0.05) is 15.4 Å². The van der Waals surface area contributed by atoms with Crippen LogP contribution in [-0.2, 0) is 6.42 Å². The number of rotatable bonds is 5. The van der Waals surface area contributed by atoms with Crippen molar-refractivity contribution in [2.24, 2.45) is 0 Å². The van der Waals surface area contributed by atoms with E-state index >= 15 is 0 Å². The number of hydrogen-bond donors (Lipinski definition) is 1. The van der Waals surface area contributed by atoms with Gasteiger partial charge in [-0.2, -0.15) is 0 Å². The maximum atomic E-state index is 3.55. The van der Waals surface area contributed by atoms with E-state index in [1.807, 2.05) is 11.3 Å². The third kappa shape index (κ3) is 3.36. The molecule has 2 aromatic rings. The summed E-state index contributed by atoms with van der Waals surface area (Å²) in [6.45, 7) is 6.58. The molecule has 0 bridgehead atoms. The van der Waals surface area contributed by atoms with Crippen LogP contribution >= 0.6 is 11.3 Å². The highest BCUT2D eigenvalue weighted by molar-refractivity contribution is 7.12. The summed E-state index contributed by atoms with van der Waals surface area (Å²) < 4.78 is 0. The molecule has 1 atom stereocenters. The number of hydrogen-bond acceptors (Lipinski definition) is 2. The van der Waals surface area contributed by atoms with Gasteiger partial charge in [-0.15, -0.1) is 11.3 Å². The summed E-state index contributed by atoms with van der Waals surface area (Å²) in [5.74, 6) is 0. The van der Waals surface area contributed by atoms with Crippen LogP contribution in [0.2, 0.25) is 0 Å². The van der Waals surface area contributed by atoms with Crippen LogP contribution in [0.5, 0.6) is 0 Å². The lowest BCUT2D eigenvalue weighted by atomic mass is 10.1. The van der Waals surface area contributed by atoms with Crippen molar-refractivity contribution in [1.82, 2.24) is 0 Å². The Labute approximate surface area is 114 Å². The van der Waals surface area contributed by atoms with Crippen LogP contribution in [0.15, 0.2) is 36.4 Å². The summed E-state index contributed by atoms with van der Waals surface area (Å²) in [6, 6.07) is 13.6. The van der Waals surface area contributed by atoms with Gasteiger partial charge in [-0.1, -0.05) is 25.5 Å². The summed E-state index contributed by atoms with van der Waals surface area (Å²) in [7, 11) is 0. The second-order valence-corrected chi connectivity index (χ2v) is 6.08. The van der Waals surface area contributed by atoms with Crippen LogP contribution in [0, 0.1) is 6.92 Å². The molecule has 1 aromatic carbocycles. The van der Waals surface area contributed by atoms with E-state index in [2.05, 4.69) is 62.5 Å². The molecule has 1 heterocycles. The van der Waals surface area contributed by atoms with Crippen molar-refractivity contribution < 1.29 is 0 Å². The number of nitrogens with one attached hydrogen (secondary N) is 1. The Morgan fingerprint density at radius 2 is 1.83 bits per heavy atom. The molecular weight excluding hydrogens is 238 g/mol. The standard InChI is InChI=1S/C16H21NS/c1-4-5-14-7-9-15(10-8-14)17-13(3)16-11-6-12(2)18-16/h6-11,13,17H,4-5H2,1-3H3. The fourth-order valence-corrected chi connectivity index (χ4v) is 2.94. The molecule has 0 aliphatic rings. The van der Waals surface area contributed by atoms with Gasteiger partial charge in [-0.25, -0.2) is 0 Å². The largest absolute Gasteiger partial charge is 0.378 e. The highest BCUT2D eigenvalue weighted by Crippen LogP contribution is 2.25. The fraction of sp³-hybridized carbons (Fsp3) is 0.375. The molecule has 1 unspecified atom stereocenters. The first-order chi connectivity index (χ1) is 8.69. The lowest BCUT2D eigenvalue weighted by Gasteiger charge is -2.14. The van der Waals surface area contributed by atoms with Crippen molar-refractivity contribution in [2.45, 2.75) is 39.7 Å². The van der Waals surface area contributed by atoms with Gasteiger partial charge in [0.25, 0.3) is 0 Å². The Balaban J connectivity index is 2.00. The van der Waals surface area contributed by atoms with Crippen molar-refractivity contribution in [3.63, 3.8) is 0 Å². The van der Waals surface area contributed by atoms with Gasteiger partial charge in [0.1, 0.15) is 0 Å². The van der Waals surface area contributed by atoms with Crippen molar-refractivity contribution in [1.29, 1.82) is 0 Å². The first kappa shape index (κ1) is 13.2. The second kappa shape index (κ2) is 6.05. The maximum absolute atomic E-state index is 3.55. The van der Waals surface area contributed by atoms with E-state index in [1.165, 1.54) is 33.8 Å². The van der Waals surface area contributed by atoms with Crippen molar-refractivity contribution in [2.75, 3.05) is 5.32 Å². The molecule has 2 rings (SSSR count). The van der Waals surface area contributed by atoms with E-state index in [0.717, 1.165) is 0 Å². The van der Waals surface area contributed by atoms with E-state index in [9.17, 15) is 0 Å². The first-order valence-electron chi connectivity index (χ1n) is 6.61. The van der Waals surface area contributed by atoms with Crippen LogP contribution in [-0.4, -0.2) is 0 Å². The summed E-state index contributed by atoms with van der Waals surface area (Å²) in [4.78, 5) is 2.77. The number of benzene rings is 1. The summed E-state index contributed by atoms with van der Waals surface area (Å²) in [5.41, 5.74) is 2.62. The lowest BCUT2D eigenvalue weighted by molar-refractivity contribution is 0.903. The summed E-state index contributed by atoms with van der Waals surface area (Å²) in [5, 5.41) is 3.55. The highest BCUT2D eigenvalue weighted by atomic mass is 32.1. The average Bonchev–Trinajstić information content (AvgIpc) is 2.79. The van der Waals surface area contributed by atoms with Crippen molar-refractivity contribution in [3.05, 3.63) is 51.7 Å². The smallest absolute Gasteiger partial charge is 0.0578 e. The molecule has 0 spiro atoms. The SMILES string of the molecule is CCCc1ccc(NC(C)c2ccc(C)s2)cc1. The van der Waals surface area contributed by atoms with Gasteiger partial charge < -0.3 is 5.32 Å². The zero-order valence-corrected chi connectivity index (χ0v) is 12.2. The molecule has 18 heavy (non-hydrogen) atoms. The Kier molecular flexibility index (Phi) is 4.43. The monoisotopic (exact) mass is 259 g/mol. The molecule has 0 saturated heterocycles. The first-order valence-corrected chi connectivity index (χ1v) is 7.42. The van der Waals surface area contributed by atoms with Crippen LogP contribution in [0.1, 0.15) is 41.6 Å². The molecule has 0 radical (unpaired) electrons. The minimum Gasteiger partial charge on any atom is -0.378 e. The van der Waals surface area contributed by atoms with E-state index in [4.69, 9.17) is 0 Å². The normalized spacial score (nSPS) is 12.4.